The van der Waals surface area contributed by atoms with Gasteiger partial charge in [-0.3, -0.25) is 19.8 Å². The number of para-hydroxylation sites is 1. The maximum atomic E-state index is 13.3. The van der Waals surface area contributed by atoms with E-state index in [4.69, 9.17) is 9.47 Å². The van der Waals surface area contributed by atoms with Crippen LogP contribution in [0.3, 0.4) is 0 Å². The van der Waals surface area contributed by atoms with Crippen molar-refractivity contribution in [2.45, 2.75) is 24.1 Å². The number of ether oxygens (including phenoxy) is 2. The molecule has 0 saturated carbocycles. The van der Waals surface area contributed by atoms with Crippen molar-refractivity contribution in [3.05, 3.63) is 97.8 Å². The Kier molecular flexibility index (Phi) is 6.17. The largest absolute Gasteiger partial charge is 0.493 e. The minimum absolute atomic E-state index is 0.179. The van der Waals surface area contributed by atoms with Crippen molar-refractivity contribution in [3.63, 3.8) is 0 Å². The molecule has 0 radical (unpaired) electrons. The smallest absolute Gasteiger partial charge is 0.256 e. The zero-order chi connectivity index (χ0) is 25.6. The Morgan fingerprint density at radius 2 is 1.94 bits per heavy atom. The van der Waals surface area contributed by atoms with E-state index in [0.29, 0.717) is 39.3 Å². The summed E-state index contributed by atoms with van der Waals surface area (Å²) in [6.45, 7) is 0.469. The number of carbonyl (C=O) groups excluding carboxylic acids is 1. The number of likely N-dealkylation sites (N-methyl/N-ethyl adjacent to an activating group) is 1. The molecule has 0 unspecified atom stereocenters. The van der Waals surface area contributed by atoms with Crippen molar-refractivity contribution in [1.29, 1.82) is 0 Å². The quantitative estimate of drug-likeness (QED) is 0.350. The number of carbonyl (C=O) groups is 1. The maximum Gasteiger partial charge on any atom is 0.256 e. The normalized spacial score (nSPS) is 22.9. The highest BCUT2D eigenvalue weighted by molar-refractivity contribution is 9.10. The van der Waals surface area contributed by atoms with Crippen LogP contribution in [0.2, 0.25) is 0 Å². The number of nitro groups is 1. The molecule has 3 aromatic carbocycles. The number of likely N-dealkylation sites (tertiary alicyclic amines) is 1. The second-order valence-corrected chi connectivity index (χ2v) is 9.79. The molecule has 2 aliphatic heterocycles. The minimum Gasteiger partial charge on any atom is -0.493 e. The number of nitrogens with zero attached hydrogens (tertiary/aromatic N) is 2. The predicted octanol–water partition coefficient (Wildman–Crippen LogP) is 4.70. The number of benzene rings is 3. The van der Waals surface area contributed by atoms with E-state index in [-0.39, 0.29) is 17.3 Å². The van der Waals surface area contributed by atoms with Gasteiger partial charge >= 0.3 is 0 Å². The predicted molar refractivity (Wildman–Crippen MR) is 134 cm³/mol. The van der Waals surface area contributed by atoms with Gasteiger partial charge in [-0.25, -0.2) is 4.39 Å². The summed E-state index contributed by atoms with van der Waals surface area (Å²) in [6.07, 6.45) is 0. The molecular weight excluding hydrogens is 533 g/mol. The third-order valence-electron chi connectivity index (χ3n) is 7.02. The highest BCUT2D eigenvalue weighted by Gasteiger charge is 2.68. The number of methoxy groups -OCH3 is 1. The van der Waals surface area contributed by atoms with Crippen molar-refractivity contribution in [1.82, 2.24) is 4.90 Å². The number of hydrogen-bond donors (Lipinski definition) is 1. The van der Waals surface area contributed by atoms with Crippen LogP contribution in [0.15, 0.2) is 65.1 Å². The van der Waals surface area contributed by atoms with E-state index in [1.165, 1.54) is 19.2 Å². The first-order valence-corrected chi connectivity index (χ1v) is 12.1. The number of anilines is 1. The summed E-state index contributed by atoms with van der Waals surface area (Å²) < 4.78 is 25.3. The van der Waals surface area contributed by atoms with Gasteiger partial charge in [0.25, 0.3) is 11.9 Å². The van der Waals surface area contributed by atoms with E-state index < -0.39 is 23.4 Å². The third kappa shape index (κ3) is 3.72. The van der Waals surface area contributed by atoms with Crippen molar-refractivity contribution in [2.24, 2.45) is 0 Å². The summed E-state index contributed by atoms with van der Waals surface area (Å²) >= 11 is 3.53. The van der Waals surface area contributed by atoms with Crippen LogP contribution in [0.5, 0.6) is 11.5 Å². The van der Waals surface area contributed by atoms with Gasteiger partial charge in [0.1, 0.15) is 12.4 Å². The molecule has 2 heterocycles. The number of fused-ring (bicyclic) bond motifs is 2. The lowest BCUT2D eigenvalue weighted by molar-refractivity contribution is -0.534. The summed E-state index contributed by atoms with van der Waals surface area (Å²) in [6, 6.07) is 15.3. The van der Waals surface area contributed by atoms with Gasteiger partial charge in [0, 0.05) is 22.7 Å². The van der Waals surface area contributed by atoms with Gasteiger partial charge in [0.2, 0.25) is 0 Å². The monoisotopic (exact) mass is 555 g/mol. The summed E-state index contributed by atoms with van der Waals surface area (Å²) in [5.74, 6) is -0.518. The fraction of sp³-hybridized carbons (Fsp3) is 0.269. The average molecular weight is 556 g/mol. The van der Waals surface area contributed by atoms with E-state index in [1.807, 2.05) is 0 Å². The molecule has 0 aromatic heterocycles. The topological polar surface area (TPSA) is 93.9 Å². The molecule has 2 aliphatic rings. The Labute approximate surface area is 215 Å². The van der Waals surface area contributed by atoms with E-state index in [0.717, 1.165) is 5.56 Å². The molecule has 3 aromatic rings. The van der Waals surface area contributed by atoms with Crippen LogP contribution in [-0.2, 0) is 16.9 Å². The molecule has 1 amide bonds. The number of amides is 1. The van der Waals surface area contributed by atoms with Gasteiger partial charge in [-0.2, -0.15) is 0 Å². The van der Waals surface area contributed by atoms with E-state index in [1.54, 1.807) is 60.5 Å². The van der Waals surface area contributed by atoms with Gasteiger partial charge in [-0.15, -0.1) is 0 Å². The van der Waals surface area contributed by atoms with Crippen LogP contribution in [0, 0.1) is 15.9 Å². The molecule has 10 heteroatoms. The van der Waals surface area contributed by atoms with Crippen molar-refractivity contribution in [2.75, 3.05) is 26.0 Å². The Morgan fingerprint density at radius 1 is 1.22 bits per heavy atom. The molecule has 8 nitrogen and oxygen atoms in total. The lowest BCUT2D eigenvalue weighted by Crippen LogP contribution is -2.54. The minimum atomic E-state index is -1.43. The molecule has 1 fully saturated rings. The van der Waals surface area contributed by atoms with Gasteiger partial charge in [-0.1, -0.05) is 30.3 Å². The molecule has 0 aliphatic carbocycles. The number of nitrogens with one attached hydrogen (secondary N) is 1. The van der Waals surface area contributed by atoms with Crippen LogP contribution >= 0.6 is 15.9 Å². The SMILES string of the molecule is COc1cc([C@@H]2CN(C)[C@]3(C(=O)Nc4ccccc43)[C@@H]2[N+](=O)[O-])cc(Br)c1OCc1ccc(F)cc1. The summed E-state index contributed by atoms with van der Waals surface area (Å²) in [5.41, 5.74) is 1.18. The Bertz CT molecular complexity index is 1350. The van der Waals surface area contributed by atoms with E-state index in [9.17, 15) is 19.3 Å². The third-order valence-corrected chi connectivity index (χ3v) is 7.61. The van der Waals surface area contributed by atoms with Crippen LogP contribution in [-0.4, -0.2) is 42.5 Å². The molecule has 0 bridgehead atoms. The molecule has 3 atom stereocenters. The van der Waals surface area contributed by atoms with Crippen molar-refractivity contribution >= 4 is 27.5 Å². The van der Waals surface area contributed by atoms with Crippen molar-refractivity contribution in [3.8, 4) is 11.5 Å². The Hall–Kier alpha value is -3.50. The molecule has 5 rings (SSSR count). The molecule has 36 heavy (non-hydrogen) atoms. The Balaban J connectivity index is 1.52. The van der Waals surface area contributed by atoms with Gasteiger partial charge in [-0.05, 0) is 64.4 Å². The van der Waals surface area contributed by atoms with E-state index in [2.05, 4.69) is 21.2 Å². The molecular formula is C26H23BrFN3O5. The first-order valence-electron chi connectivity index (χ1n) is 11.3. The lowest BCUT2D eigenvalue weighted by atomic mass is 9.79. The van der Waals surface area contributed by atoms with Crippen LogP contribution in [0.4, 0.5) is 10.1 Å². The van der Waals surface area contributed by atoms with Crippen LogP contribution in [0.25, 0.3) is 0 Å². The van der Waals surface area contributed by atoms with Gasteiger partial charge < -0.3 is 14.8 Å². The van der Waals surface area contributed by atoms with Crippen LogP contribution < -0.4 is 14.8 Å². The highest BCUT2D eigenvalue weighted by Crippen LogP contribution is 2.53. The first kappa shape index (κ1) is 24.2. The summed E-state index contributed by atoms with van der Waals surface area (Å²) in [7, 11) is 3.23. The number of halogens is 2. The zero-order valence-electron chi connectivity index (χ0n) is 19.5. The first-order chi connectivity index (χ1) is 17.3. The van der Waals surface area contributed by atoms with Crippen LogP contribution in [0.1, 0.15) is 22.6 Å². The Morgan fingerprint density at radius 3 is 2.64 bits per heavy atom. The fourth-order valence-corrected chi connectivity index (χ4v) is 5.98. The molecule has 186 valence electrons. The standard InChI is InChI=1S/C26H23BrFN3O5/c1-30-13-18(24(31(33)34)26(30)19-5-3-4-6-21(19)29-25(26)32)16-11-20(27)23(22(12-16)35-2)36-14-15-7-9-17(28)10-8-15/h3-12,18,24H,13-14H2,1-2H3,(H,29,32)/t18-,24+,26-/m0/s1. The summed E-state index contributed by atoms with van der Waals surface area (Å²) in [4.78, 5) is 27.3. The fourth-order valence-electron chi connectivity index (χ4n) is 5.41. The number of hydrogen-bond acceptors (Lipinski definition) is 6. The second kappa shape index (κ2) is 9.18. The molecule has 1 saturated heterocycles. The van der Waals surface area contributed by atoms with Gasteiger partial charge in [0.15, 0.2) is 17.0 Å². The van der Waals surface area contributed by atoms with Gasteiger partial charge in [0.05, 0.1) is 17.5 Å². The van der Waals surface area contributed by atoms with E-state index >= 15 is 0 Å². The lowest BCUT2D eigenvalue weighted by Gasteiger charge is -2.30. The molecule has 1 spiro atoms. The molecule has 1 N–H and O–H groups in total. The number of rotatable bonds is 6. The zero-order valence-corrected chi connectivity index (χ0v) is 21.1. The highest BCUT2D eigenvalue weighted by atomic mass is 79.9. The summed E-state index contributed by atoms with van der Waals surface area (Å²) in [5, 5.41) is 15.4. The second-order valence-electron chi connectivity index (χ2n) is 8.93. The van der Waals surface area contributed by atoms with Crippen molar-refractivity contribution < 1.29 is 23.6 Å². The average Bonchev–Trinajstić information content (AvgIpc) is 3.33. The maximum absolute atomic E-state index is 13.3.